The molecule has 0 aromatic rings. The largest absolute Gasteiger partial charge is 0.480 e. The lowest BCUT2D eigenvalue weighted by Gasteiger charge is -2.24. The molecule has 5 atom stereocenters. The van der Waals surface area contributed by atoms with Crippen molar-refractivity contribution in [2.45, 2.75) is 62.9 Å². The Labute approximate surface area is 146 Å². The van der Waals surface area contributed by atoms with Crippen LogP contribution in [-0.2, 0) is 14.4 Å². The minimum absolute atomic E-state index is 0.203. The molecule has 2 amide bonds. The number of aliphatic hydroxyl groups excluding tert-OH is 2. The van der Waals surface area contributed by atoms with E-state index in [0.29, 0.717) is 19.4 Å². The summed E-state index contributed by atoms with van der Waals surface area (Å²) in [7, 11) is 0. The van der Waals surface area contributed by atoms with Crippen molar-refractivity contribution in [2.75, 3.05) is 13.1 Å². The van der Waals surface area contributed by atoms with Crippen molar-refractivity contribution in [3.63, 3.8) is 0 Å². The molecule has 0 aromatic heterocycles. The summed E-state index contributed by atoms with van der Waals surface area (Å²) in [6.07, 6.45) is -0.288. The molecular formula is C15H28N4O6. The topological polar surface area (TPSA) is 174 Å². The van der Waals surface area contributed by atoms with Crippen LogP contribution in [0.5, 0.6) is 0 Å². The molecule has 1 aliphatic rings. The molecule has 1 saturated heterocycles. The van der Waals surface area contributed by atoms with E-state index >= 15 is 0 Å². The van der Waals surface area contributed by atoms with Crippen LogP contribution in [0.3, 0.4) is 0 Å². The maximum Gasteiger partial charge on any atom is 0.326 e. The fourth-order valence-corrected chi connectivity index (χ4v) is 2.59. The molecule has 144 valence electrons. The number of nitrogens with two attached hydrogens (primary N) is 1. The fourth-order valence-electron chi connectivity index (χ4n) is 2.59. The number of carbonyl (C=O) groups excluding carboxylic acids is 2. The van der Waals surface area contributed by atoms with Gasteiger partial charge in [-0.3, -0.25) is 9.59 Å². The van der Waals surface area contributed by atoms with Crippen molar-refractivity contribution in [1.82, 2.24) is 16.0 Å². The summed E-state index contributed by atoms with van der Waals surface area (Å²) in [5.74, 6) is -2.50. The third kappa shape index (κ3) is 6.94. The van der Waals surface area contributed by atoms with E-state index in [1.807, 2.05) is 0 Å². The van der Waals surface area contributed by atoms with Crippen molar-refractivity contribution in [3.8, 4) is 0 Å². The van der Waals surface area contributed by atoms with E-state index in [1.54, 1.807) is 0 Å². The molecule has 1 fully saturated rings. The first kappa shape index (κ1) is 21.3. The number of unbranched alkanes of at least 4 members (excludes halogenated alkanes) is 1. The van der Waals surface area contributed by atoms with Gasteiger partial charge >= 0.3 is 5.97 Å². The molecule has 10 heteroatoms. The van der Waals surface area contributed by atoms with Crippen molar-refractivity contribution >= 4 is 17.8 Å². The second kappa shape index (κ2) is 10.3. The molecule has 1 heterocycles. The van der Waals surface area contributed by atoms with Crippen molar-refractivity contribution in [1.29, 1.82) is 0 Å². The SMILES string of the molecule is C[C@@H](O)[C@H](NC(=O)[C@@H]1C[C@@H](O)CN1)C(=O)N[C@@H](CCCCN)C(=O)O. The molecule has 0 bridgehead atoms. The predicted octanol–water partition coefficient (Wildman–Crippen LogP) is -2.73. The lowest BCUT2D eigenvalue weighted by molar-refractivity contribution is -0.143. The van der Waals surface area contributed by atoms with Crippen LogP contribution in [0.15, 0.2) is 0 Å². The van der Waals surface area contributed by atoms with Crippen LogP contribution >= 0.6 is 0 Å². The highest BCUT2D eigenvalue weighted by atomic mass is 16.4. The summed E-state index contributed by atoms with van der Waals surface area (Å²) in [6.45, 7) is 2.02. The van der Waals surface area contributed by atoms with Crippen molar-refractivity contribution in [2.24, 2.45) is 5.73 Å². The van der Waals surface area contributed by atoms with E-state index in [1.165, 1.54) is 6.92 Å². The maximum absolute atomic E-state index is 12.3. The molecule has 0 aliphatic carbocycles. The Bertz CT molecular complexity index is 473. The summed E-state index contributed by atoms with van der Waals surface area (Å²) >= 11 is 0. The zero-order chi connectivity index (χ0) is 19.0. The molecular weight excluding hydrogens is 332 g/mol. The standard InChI is InChI=1S/C15H28N4O6/c1-8(20)12(19-13(22)11-6-9(21)7-17-11)14(23)18-10(15(24)25)4-2-3-5-16/h8-12,17,20-21H,2-7,16H2,1H3,(H,18,23)(H,19,22)(H,24,25)/t8-,9-,10+,11+,12+/m1/s1. The van der Waals surface area contributed by atoms with Gasteiger partial charge in [-0.25, -0.2) is 4.79 Å². The van der Waals surface area contributed by atoms with E-state index in [9.17, 15) is 29.7 Å². The van der Waals surface area contributed by atoms with Gasteiger partial charge in [-0.05, 0) is 39.2 Å². The van der Waals surface area contributed by atoms with Crippen LogP contribution < -0.4 is 21.7 Å². The average molecular weight is 360 g/mol. The number of hydrogen-bond acceptors (Lipinski definition) is 7. The average Bonchev–Trinajstić information content (AvgIpc) is 2.97. The van der Waals surface area contributed by atoms with Gasteiger partial charge in [-0.1, -0.05) is 0 Å². The second-order valence-electron chi connectivity index (χ2n) is 6.26. The van der Waals surface area contributed by atoms with Crippen LogP contribution in [-0.4, -0.2) is 76.5 Å². The Morgan fingerprint density at radius 1 is 1.28 bits per heavy atom. The van der Waals surface area contributed by atoms with Crippen molar-refractivity contribution in [3.05, 3.63) is 0 Å². The smallest absolute Gasteiger partial charge is 0.326 e. The number of carboxylic acids is 1. The number of aliphatic hydroxyl groups is 2. The Kier molecular flexibility index (Phi) is 8.76. The number of β-amino-alcohol motifs (C(OH)–C–C–N with tert-alkyl or cyclic N) is 1. The molecule has 0 saturated carbocycles. The Hall–Kier alpha value is -1.75. The van der Waals surface area contributed by atoms with Gasteiger partial charge in [0.25, 0.3) is 0 Å². The van der Waals surface area contributed by atoms with E-state index < -0.39 is 48.1 Å². The predicted molar refractivity (Wildman–Crippen MR) is 88.5 cm³/mol. The second-order valence-corrected chi connectivity index (χ2v) is 6.26. The Morgan fingerprint density at radius 3 is 2.44 bits per heavy atom. The third-order valence-corrected chi connectivity index (χ3v) is 4.05. The molecule has 1 rings (SSSR count). The molecule has 1 aliphatic heterocycles. The zero-order valence-corrected chi connectivity index (χ0v) is 14.3. The summed E-state index contributed by atoms with van der Waals surface area (Å²) in [6, 6.07) is -3.07. The molecule has 0 spiro atoms. The van der Waals surface area contributed by atoms with Gasteiger partial charge in [0.2, 0.25) is 11.8 Å². The molecule has 25 heavy (non-hydrogen) atoms. The molecule has 10 nitrogen and oxygen atoms in total. The number of carbonyl (C=O) groups is 3. The number of rotatable bonds is 10. The molecule has 0 aromatic carbocycles. The maximum atomic E-state index is 12.3. The molecule has 0 unspecified atom stereocenters. The van der Waals surface area contributed by atoms with E-state index in [2.05, 4.69) is 16.0 Å². The minimum Gasteiger partial charge on any atom is -0.480 e. The highest BCUT2D eigenvalue weighted by molar-refractivity contribution is 5.92. The van der Waals surface area contributed by atoms with Gasteiger partial charge < -0.3 is 37.0 Å². The Balaban J connectivity index is 2.64. The van der Waals surface area contributed by atoms with Gasteiger partial charge in [-0.2, -0.15) is 0 Å². The highest BCUT2D eigenvalue weighted by Crippen LogP contribution is 2.08. The number of hydrogen-bond donors (Lipinski definition) is 7. The third-order valence-electron chi connectivity index (χ3n) is 4.05. The first-order valence-electron chi connectivity index (χ1n) is 8.39. The van der Waals surface area contributed by atoms with E-state index in [-0.39, 0.29) is 19.4 Å². The first-order chi connectivity index (χ1) is 11.8. The van der Waals surface area contributed by atoms with Crippen LogP contribution in [0.4, 0.5) is 0 Å². The first-order valence-corrected chi connectivity index (χ1v) is 8.39. The fraction of sp³-hybridized carbons (Fsp3) is 0.800. The number of amides is 2. The van der Waals surface area contributed by atoms with Crippen molar-refractivity contribution < 1.29 is 29.7 Å². The summed E-state index contributed by atoms with van der Waals surface area (Å²) in [5.41, 5.74) is 5.37. The normalized spacial score (nSPS) is 23.5. The number of aliphatic carboxylic acids is 1. The summed E-state index contributed by atoms with van der Waals surface area (Å²) in [4.78, 5) is 35.7. The molecule has 0 radical (unpaired) electrons. The monoisotopic (exact) mass is 360 g/mol. The minimum atomic E-state index is -1.29. The summed E-state index contributed by atoms with van der Waals surface area (Å²) in [5, 5.41) is 36.0. The lowest BCUT2D eigenvalue weighted by atomic mass is 10.1. The van der Waals surface area contributed by atoms with Crippen LogP contribution in [0, 0.1) is 0 Å². The zero-order valence-electron chi connectivity index (χ0n) is 14.3. The quantitative estimate of drug-likeness (QED) is 0.206. The van der Waals surface area contributed by atoms with Gasteiger partial charge in [0.15, 0.2) is 0 Å². The molecule has 8 N–H and O–H groups in total. The van der Waals surface area contributed by atoms with Crippen LogP contribution in [0.1, 0.15) is 32.6 Å². The van der Waals surface area contributed by atoms with Crippen LogP contribution in [0.2, 0.25) is 0 Å². The van der Waals surface area contributed by atoms with Crippen LogP contribution in [0.25, 0.3) is 0 Å². The van der Waals surface area contributed by atoms with E-state index in [0.717, 1.165) is 0 Å². The lowest BCUT2D eigenvalue weighted by Crippen LogP contribution is -2.58. The van der Waals surface area contributed by atoms with Gasteiger partial charge in [0, 0.05) is 6.54 Å². The van der Waals surface area contributed by atoms with Gasteiger partial charge in [0.1, 0.15) is 12.1 Å². The highest BCUT2D eigenvalue weighted by Gasteiger charge is 2.34. The number of nitrogens with one attached hydrogen (secondary N) is 3. The van der Waals surface area contributed by atoms with E-state index in [4.69, 9.17) is 5.73 Å². The Morgan fingerprint density at radius 2 is 1.96 bits per heavy atom. The van der Waals surface area contributed by atoms with Gasteiger partial charge in [0.05, 0.1) is 18.2 Å². The summed E-state index contributed by atoms with van der Waals surface area (Å²) < 4.78 is 0. The number of carboxylic acid groups (broad SMARTS) is 1. The van der Waals surface area contributed by atoms with Gasteiger partial charge in [-0.15, -0.1) is 0 Å².